The third-order valence-electron chi connectivity index (χ3n) is 3.79. The summed E-state index contributed by atoms with van der Waals surface area (Å²) in [6.07, 6.45) is 1.96. The number of carbonyl (C=O) groups excluding carboxylic acids is 1. The number of hydrogen-bond acceptors (Lipinski definition) is 2. The molecule has 1 unspecified atom stereocenters. The Morgan fingerprint density at radius 2 is 1.83 bits per heavy atom. The molecule has 0 aromatic carbocycles. The molecule has 2 aliphatic rings. The van der Waals surface area contributed by atoms with Crippen molar-refractivity contribution in [3.8, 4) is 0 Å². The van der Waals surface area contributed by atoms with Gasteiger partial charge in [-0.1, -0.05) is 20.8 Å². The number of rotatable bonds is 0. The second-order valence-electron chi connectivity index (χ2n) is 7.41. The summed E-state index contributed by atoms with van der Waals surface area (Å²) in [5.41, 5.74) is 2.32. The smallest absolute Gasteiger partial charge is 0.231 e. The number of carbonyl (C=O) groups is 1. The van der Waals surface area contributed by atoms with Gasteiger partial charge in [0, 0.05) is 18.3 Å². The van der Waals surface area contributed by atoms with Crippen LogP contribution in [0.1, 0.15) is 41.5 Å². The second-order valence-corrected chi connectivity index (χ2v) is 7.41. The van der Waals surface area contributed by atoms with Crippen LogP contribution in [0.5, 0.6) is 0 Å². The lowest BCUT2D eigenvalue weighted by molar-refractivity contribution is -0.142. The van der Waals surface area contributed by atoms with Crippen LogP contribution >= 0.6 is 0 Å². The Balaban J connectivity index is 2.45. The first kappa shape index (κ1) is 13.3. The van der Waals surface area contributed by atoms with E-state index >= 15 is 0 Å². The molecule has 3 nitrogen and oxygen atoms in total. The van der Waals surface area contributed by atoms with Crippen LogP contribution in [0.2, 0.25) is 0 Å². The fourth-order valence-electron chi connectivity index (χ4n) is 2.87. The summed E-state index contributed by atoms with van der Waals surface area (Å²) in [7, 11) is 0. The molecule has 1 amide bonds. The highest BCUT2D eigenvalue weighted by atomic mass is 16.2. The Morgan fingerprint density at radius 3 is 2.33 bits per heavy atom. The lowest BCUT2D eigenvalue weighted by Crippen LogP contribution is -2.54. The minimum Gasteiger partial charge on any atom is -0.333 e. The zero-order valence-electron chi connectivity index (χ0n) is 12.4. The molecular weight excluding hydrogens is 224 g/mol. The highest BCUT2D eigenvalue weighted by molar-refractivity contribution is 5.93. The van der Waals surface area contributed by atoms with Gasteiger partial charge >= 0.3 is 0 Å². The summed E-state index contributed by atoms with van der Waals surface area (Å²) in [6.45, 7) is 14.2. The Hall–Kier alpha value is -1.12. The van der Waals surface area contributed by atoms with Gasteiger partial charge in [0.1, 0.15) is 0 Å². The topological polar surface area (TPSA) is 32.7 Å². The maximum absolute atomic E-state index is 12.8. The van der Waals surface area contributed by atoms with Crippen molar-refractivity contribution in [1.29, 1.82) is 0 Å². The van der Waals surface area contributed by atoms with Crippen molar-refractivity contribution in [3.63, 3.8) is 0 Å². The zero-order valence-corrected chi connectivity index (χ0v) is 12.4. The molecule has 3 heteroatoms. The second kappa shape index (κ2) is 3.94. The molecule has 1 atom stereocenters. The van der Waals surface area contributed by atoms with Crippen molar-refractivity contribution in [2.45, 2.75) is 47.1 Å². The molecule has 100 valence electrons. The van der Waals surface area contributed by atoms with Crippen LogP contribution in [0.4, 0.5) is 0 Å². The first-order valence-electron chi connectivity index (χ1n) is 6.65. The minimum atomic E-state index is -0.129. The van der Waals surface area contributed by atoms with E-state index in [1.165, 1.54) is 11.1 Å². The van der Waals surface area contributed by atoms with Gasteiger partial charge in [0.25, 0.3) is 0 Å². The highest BCUT2D eigenvalue weighted by Crippen LogP contribution is 2.41. The van der Waals surface area contributed by atoms with Crippen molar-refractivity contribution >= 4 is 12.1 Å². The molecule has 0 aromatic rings. The van der Waals surface area contributed by atoms with Crippen LogP contribution in [0.3, 0.4) is 0 Å². The Morgan fingerprint density at radius 1 is 1.22 bits per heavy atom. The standard InChI is InChI=1S/C15H24N2O/c1-14(2,3)12-11-8-16-7-10(11)9-17(13(12)18)15(4,5)6/h7,12H,8-9H2,1-6H3. The van der Waals surface area contributed by atoms with E-state index in [1.807, 2.05) is 11.1 Å². The van der Waals surface area contributed by atoms with Gasteiger partial charge in [-0.15, -0.1) is 0 Å². The highest BCUT2D eigenvalue weighted by Gasteiger charge is 2.45. The molecule has 0 radical (unpaired) electrons. The first-order valence-corrected chi connectivity index (χ1v) is 6.65. The van der Waals surface area contributed by atoms with Crippen molar-refractivity contribution in [3.05, 3.63) is 11.1 Å². The monoisotopic (exact) mass is 248 g/mol. The van der Waals surface area contributed by atoms with Gasteiger partial charge < -0.3 is 4.90 Å². The summed E-state index contributed by atoms with van der Waals surface area (Å²) in [5, 5.41) is 0. The van der Waals surface area contributed by atoms with Gasteiger partial charge in [0.2, 0.25) is 5.91 Å². The fraction of sp³-hybridized carbons (Fsp3) is 0.733. The van der Waals surface area contributed by atoms with Gasteiger partial charge in [-0.25, -0.2) is 0 Å². The Kier molecular flexibility index (Phi) is 2.91. The van der Waals surface area contributed by atoms with Gasteiger partial charge in [0.05, 0.1) is 12.5 Å². The van der Waals surface area contributed by atoms with Gasteiger partial charge in [-0.3, -0.25) is 9.79 Å². The molecule has 0 spiro atoms. The van der Waals surface area contributed by atoms with Crippen LogP contribution in [-0.2, 0) is 4.79 Å². The van der Waals surface area contributed by atoms with E-state index in [1.54, 1.807) is 0 Å². The number of amides is 1. The molecule has 0 fully saturated rings. The molecule has 2 heterocycles. The van der Waals surface area contributed by atoms with Crippen molar-refractivity contribution in [2.24, 2.45) is 16.3 Å². The van der Waals surface area contributed by atoms with Crippen molar-refractivity contribution in [1.82, 2.24) is 4.90 Å². The van der Waals surface area contributed by atoms with Crippen molar-refractivity contribution < 1.29 is 4.79 Å². The molecule has 18 heavy (non-hydrogen) atoms. The molecule has 2 rings (SSSR count). The van der Waals surface area contributed by atoms with Crippen LogP contribution in [-0.4, -0.2) is 35.7 Å². The fourth-order valence-corrected chi connectivity index (χ4v) is 2.87. The summed E-state index contributed by atoms with van der Waals surface area (Å²) >= 11 is 0. The Labute approximate surface area is 110 Å². The zero-order chi connectivity index (χ0) is 13.7. The van der Waals surface area contributed by atoms with Crippen LogP contribution in [0, 0.1) is 11.3 Å². The molecule has 0 saturated carbocycles. The third kappa shape index (κ3) is 2.11. The molecular formula is C15H24N2O. The maximum Gasteiger partial charge on any atom is 0.231 e. The summed E-state index contributed by atoms with van der Waals surface area (Å²) in [6, 6.07) is 0. The third-order valence-corrected chi connectivity index (χ3v) is 3.79. The van der Waals surface area contributed by atoms with E-state index in [-0.39, 0.29) is 22.8 Å². The summed E-state index contributed by atoms with van der Waals surface area (Å²) < 4.78 is 0. The van der Waals surface area contributed by atoms with E-state index in [4.69, 9.17) is 0 Å². The molecule has 0 aliphatic carbocycles. The molecule has 0 N–H and O–H groups in total. The predicted octanol–water partition coefficient (Wildman–Crippen LogP) is 2.67. The maximum atomic E-state index is 12.8. The lowest BCUT2D eigenvalue weighted by Gasteiger charge is -2.45. The normalized spacial score (nSPS) is 24.9. The molecule has 2 aliphatic heterocycles. The van der Waals surface area contributed by atoms with E-state index < -0.39 is 0 Å². The predicted molar refractivity (Wildman–Crippen MR) is 74.8 cm³/mol. The quantitative estimate of drug-likeness (QED) is 0.648. The SMILES string of the molecule is CC(C)(C)C1C(=O)N(C(C)(C)C)CC2=C1CN=C2. The number of hydrogen-bond donors (Lipinski definition) is 0. The lowest BCUT2D eigenvalue weighted by atomic mass is 9.72. The van der Waals surface area contributed by atoms with Gasteiger partial charge in [-0.2, -0.15) is 0 Å². The molecule has 0 saturated heterocycles. The van der Waals surface area contributed by atoms with Crippen LogP contribution in [0.25, 0.3) is 0 Å². The van der Waals surface area contributed by atoms with Gasteiger partial charge in [-0.05, 0) is 37.3 Å². The van der Waals surface area contributed by atoms with Crippen LogP contribution < -0.4 is 0 Å². The van der Waals surface area contributed by atoms with E-state index in [0.717, 1.165) is 0 Å². The largest absolute Gasteiger partial charge is 0.333 e. The van der Waals surface area contributed by atoms with E-state index in [9.17, 15) is 4.79 Å². The molecule has 0 bridgehead atoms. The van der Waals surface area contributed by atoms with Gasteiger partial charge in [0.15, 0.2) is 0 Å². The van der Waals surface area contributed by atoms with Crippen molar-refractivity contribution in [2.75, 3.05) is 13.1 Å². The molecule has 0 aromatic heterocycles. The average molecular weight is 248 g/mol. The Bertz CT molecular complexity index is 432. The first-order chi connectivity index (χ1) is 8.12. The average Bonchev–Trinajstić information content (AvgIpc) is 2.59. The van der Waals surface area contributed by atoms with E-state index in [0.29, 0.717) is 13.1 Å². The minimum absolute atomic E-state index is 0.0250. The number of aliphatic imine (C=N–C) groups is 1. The summed E-state index contributed by atoms with van der Waals surface area (Å²) in [5.74, 6) is 0.238. The number of nitrogens with zero attached hydrogens (tertiary/aromatic N) is 2. The van der Waals surface area contributed by atoms with Crippen LogP contribution in [0.15, 0.2) is 16.1 Å². The van der Waals surface area contributed by atoms with E-state index in [2.05, 4.69) is 46.5 Å². The summed E-state index contributed by atoms with van der Waals surface area (Å²) in [4.78, 5) is 19.2.